The minimum atomic E-state index is -4.22. The van der Waals surface area contributed by atoms with Gasteiger partial charge in [0.05, 0.1) is 17.4 Å². The van der Waals surface area contributed by atoms with Crippen LogP contribution in [-0.2, 0) is 32.6 Å². The van der Waals surface area contributed by atoms with Crippen molar-refractivity contribution in [2.24, 2.45) is 0 Å². The predicted molar refractivity (Wildman–Crippen MR) is 120 cm³/mol. The lowest BCUT2D eigenvalue weighted by Crippen LogP contribution is -2.43. The van der Waals surface area contributed by atoms with Crippen LogP contribution in [0.25, 0.3) is 0 Å². The average molecular weight is 533 g/mol. The summed E-state index contributed by atoms with van der Waals surface area (Å²) in [6, 6.07) is 8.75. The number of hydrogen-bond acceptors (Lipinski definition) is 7. The molecule has 0 saturated heterocycles. The lowest BCUT2D eigenvalue weighted by Gasteiger charge is -2.16. The Morgan fingerprint density at radius 3 is 2.39 bits per heavy atom. The monoisotopic (exact) mass is 531 g/mol. The molecule has 0 saturated carbocycles. The molecule has 0 spiro atoms. The molecule has 0 amide bonds. The van der Waals surface area contributed by atoms with Crippen molar-refractivity contribution in [1.29, 1.82) is 0 Å². The molecule has 3 aromatic rings. The molecule has 10 nitrogen and oxygen atoms in total. The molecule has 174 valence electrons. The Hall–Kier alpha value is -2.57. The summed E-state index contributed by atoms with van der Waals surface area (Å²) in [4.78, 5) is 24.7. The number of hydrogen-bond donors (Lipinski definition) is 2. The lowest BCUT2D eigenvalue weighted by atomic mass is 10.1. The van der Waals surface area contributed by atoms with Gasteiger partial charge in [-0.05, 0) is 41.1 Å². The van der Waals surface area contributed by atoms with Crippen LogP contribution in [0.1, 0.15) is 17.8 Å². The van der Waals surface area contributed by atoms with E-state index in [1.54, 1.807) is 18.2 Å². The van der Waals surface area contributed by atoms with Crippen LogP contribution in [0, 0.1) is 0 Å². The number of carbonyl (C=O) groups is 2. The Morgan fingerprint density at radius 1 is 1.09 bits per heavy atom. The largest absolute Gasteiger partial charge is 0.481 e. The molecule has 1 aromatic heterocycles. The summed E-state index contributed by atoms with van der Waals surface area (Å²) in [6.45, 7) is -0.515. The smallest absolute Gasteiger partial charge is 0.305 e. The molecule has 33 heavy (non-hydrogen) atoms. The molecule has 1 heterocycles. The van der Waals surface area contributed by atoms with E-state index >= 15 is 0 Å². The number of carboxylic acids is 1. The van der Waals surface area contributed by atoms with E-state index in [4.69, 9.17) is 39.9 Å². The highest BCUT2D eigenvalue weighted by Gasteiger charge is 2.28. The van der Waals surface area contributed by atoms with Gasteiger partial charge in [0, 0.05) is 21.5 Å². The third-order valence-corrected chi connectivity index (χ3v) is 6.77. The molecule has 0 fully saturated rings. The van der Waals surface area contributed by atoms with Crippen molar-refractivity contribution in [3.05, 3.63) is 68.9 Å². The van der Waals surface area contributed by atoms with Gasteiger partial charge in [-0.2, -0.15) is 9.52 Å². The maximum atomic E-state index is 12.7. The van der Waals surface area contributed by atoms with Gasteiger partial charge < -0.3 is 5.11 Å². The molecule has 1 atom stereocenters. The minimum Gasteiger partial charge on any atom is -0.481 e. The Morgan fingerprint density at radius 2 is 1.76 bits per heavy atom. The first-order valence-corrected chi connectivity index (χ1v) is 11.9. The van der Waals surface area contributed by atoms with Crippen LogP contribution < -0.4 is 4.72 Å². The second kappa shape index (κ2) is 10.6. The number of aliphatic carboxylic acids is 1. The molecule has 2 N–H and O–H groups in total. The van der Waals surface area contributed by atoms with E-state index < -0.39 is 40.8 Å². The zero-order valence-electron chi connectivity index (χ0n) is 16.7. The summed E-state index contributed by atoms with van der Waals surface area (Å²) in [7, 11) is -4.22. The fourth-order valence-corrected chi connectivity index (χ4v) is 4.86. The van der Waals surface area contributed by atoms with E-state index in [9.17, 15) is 18.0 Å². The summed E-state index contributed by atoms with van der Waals surface area (Å²) >= 11 is 18.1. The van der Waals surface area contributed by atoms with Gasteiger partial charge in [0.2, 0.25) is 10.0 Å². The fraction of sp³-hybridized carbons (Fsp3) is 0.211. The van der Waals surface area contributed by atoms with Crippen molar-refractivity contribution in [1.82, 2.24) is 24.9 Å². The van der Waals surface area contributed by atoms with E-state index in [1.165, 1.54) is 24.3 Å². The topological polar surface area (TPSA) is 144 Å². The highest BCUT2D eigenvalue weighted by molar-refractivity contribution is 7.89. The summed E-state index contributed by atoms with van der Waals surface area (Å²) in [5, 5.41) is 21.8. The number of nitrogens with one attached hydrogen (secondary N) is 1. The van der Waals surface area contributed by atoms with Crippen molar-refractivity contribution >= 4 is 56.6 Å². The summed E-state index contributed by atoms with van der Waals surface area (Å²) in [5.74, 6) is -1.93. The van der Waals surface area contributed by atoms with Gasteiger partial charge >= 0.3 is 5.97 Å². The third kappa shape index (κ3) is 6.71. The number of Topliss-reactive ketones (excluding diaryl/α,β-unsaturated/α-hetero) is 1. The number of tetrazole rings is 1. The predicted octanol–water partition coefficient (Wildman–Crippen LogP) is 2.62. The van der Waals surface area contributed by atoms with Crippen LogP contribution in [0.4, 0.5) is 0 Å². The quantitative estimate of drug-likeness (QED) is 0.405. The molecular formula is C19H16Cl3N5O5S. The molecule has 0 radical (unpaired) electrons. The number of carbonyl (C=O) groups excluding carboxylic acids is 1. The van der Waals surface area contributed by atoms with Crippen LogP contribution in [0.5, 0.6) is 0 Å². The molecule has 1 unspecified atom stereocenters. The number of rotatable bonds is 10. The van der Waals surface area contributed by atoms with Gasteiger partial charge in [-0.25, -0.2) is 8.42 Å². The van der Waals surface area contributed by atoms with Gasteiger partial charge in [0.1, 0.15) is 6.54 Å². The molecule has 3 rings (SSSR count). The maximum absolute atomic E-state index is 12.7. The number of aromatic nitrogens is 4. The first kappa shape index (κ1) is 25.1. The van der Waals surface area contributed by atoms with Gasteiger partial charge in [-0.15, -0.1) is 10.2 Å². The second-order valence-electron chi connectivity index (χ2n) is 6.81. The Labute approximate surface area is 203 Å². The molecule has 0 bridgehead atoms. The number of halogens is 3. The summed E-state index contributed by atoms with van der Waals surface area (Å²) < 4.78 is 27.3. The van der Waals surface area contributed by atoms with Crippen LogP contribution in [0.3, 0.4) is 0 Å². The van der Waals surface area contributed by atoms with Crippen LogP contribution in [-0.4, -0.2) is 51.5 Å². The standard InChI is InChI=1S/C19H16Cl3N5O5S/c20-11-3-1-4-12(7-11)33(31,32)25-16(9-19(29)30)17(28)10-27-24-18(23-26-27)8-13-14(21)5-2-6-15(13)22/h1-7,16,25H,8-10H2,(H,29,30). The first-order valence-electron chi connectivity index (χ1n) is 9.27. The maximum Gasteiger partial charge on any atom is 0.305 e. The zero-order chi connectivity index (χ0) is 24.2. The van der Waals surface area contributed by atoms with E-state index in [1.807, 2.05) is 0 Å². The van der Waals surface area contributed by atoms with Crippen molar-refractivity contribution in [2.45, 2.75) is 30.3 Å². The highest BCUT2D eigenvalue weighted by atomic mass is 35.5. The van der Waals surface area contributed by atoms with Crippen LogP contribution in [0.15, 0.2) is 47.4 Å². The van der Waals surface area contributed by atoms with E-state index in [-0.39, 0.29) is 22.2 Å². The SMILES string of the molecule is O=C(O)CC(NS(=O)(=O)c1cccc(Cl)c1)C(=O)Cn1nnc(Cc2c(Cl)cccc2Cl)n1. The van der Waals surface area contributed by atoms with Gasteiger partial charge in [-0.3, -0.25) is 9.59 Å². The Bertz CT molecular complexity index is 1280. The molecule has 0 aliphatic rings. The first-order chi connectivity index (χ1) is 15.5. The Kier molecular flexibility index (Phi) is 8.03. The van der Waals surface area contributed by atoms with E-state index in [2.05, 4.69) is 20.1 Å². The van der Waals surface area contributed by atoms with E-state index in [0.717, 1.165) is 4.80 Å². The number of ketones is 1. The fourth-order valence-electron chi connectivity index (χ4n) is 2.81. The van der Waals surface area contributed by atoms with Gasteiger partial charge in [-0.1, -0.05) is 46.9 Å². The van der Waals surface area contributed by atoms with Crippen LogP contribution >= 0.6 is 34.8 Å². The Balaban J connectivity index is 1.75. The summed E-state index contributed by atoms with van der Waals surface area (Å²) in [5.41, 5.74) is 0.574. The molecular weight excluding hydrogens is 517 g/mol. The zero-order valence-corrected chi connectivity index (χ0v) is 19.7. The number of carboxylic acid groups (broad SMARTS) is 1. The molecule has 0 aliphatic heterocycles. The average Bonchev–Trinajstić information content (AvgIpc) is 3.17. The van der Waals surface area contributed by atoms with Gasteiger partial charge in [0.25, 0.3) is 0 Å². The number of sulfonamides is 1. The van der Waals surface area contributed by atoms with Crippen molar-refractivity contribution in [2.75, 3.05) is 0 Å². The minimum absolute atomic E-state index is 0.145. The molecule has 2 aromatic carbocycles. The van der Waals surface area contributed by atoms with Crippen molar-refractivity contribution in [3.63, 3.8) is 0 Å². The third-order valence-electron chi connectivity index (χ3n) is 4.36. The number of nitrogens with zero attached hydrogens (tertiary/aromatic N) is 4. The molecule has 0 aliphatic carbocycles. The highest BCUT2D eigenvalue weighted by Crippen LogP contribution is 2.25. The van der Waals surface area contributed by atoms with Crippen molar-refractivity contribution in [3.8, 4) is 0 Å². The van der Waals surface area contributed by atoms with Gasteiger partial charge in [0.15, 0.2) is 11.6 Å². The van der Waals surface area contributed by atoms with Crippen LogP contribution in [0.2, 0.25) is 15.1 Å². The van der Waals surface area contributed by atoms with E-state index in [0.29, 0.717) is 15.6 Å². The normalized spacial score (nSPS) is 12.5. The van der Waals surface area contributed by atoms with Crippen molar-refractivity contribution < 1.29 is 23.1 Å². The molecule has 14 heteroatoms. The second-order valence-corrected chi connectivity index (χ2v) is 9.77. The lowest BCUT2D eigenvalue weighted by molar-refractivity contribution is -0.139. The number of benzene rings is 2. The summed E-state index contributed by atoms with van der Waals surface area (Å²) in [6.07, 6.45) is -0.637.